The van der Waals surface area contributed by atoms with E-state index in [2.05, 4.69) is 13.8 Å². The molecule has 5 heteroatoms. The summed E-state index contributed by atoms with van der Waals surface area (Å²) in [7, 11) is -3.57. The summed E-state index contributed by atoms with van der Waals surface area (Å²) in [6.07, 6.45) is 0. The number of rotatable bonds is 3. The summed E-state index contributed by atoms with van der Waals surface area (Å²) in [5.41, 5.74) is 1.85. The van der Waals surface area contributed by atoms with Crippen LogP contribution in [-0.2, 0) is 10.0 Å². The number of hydrogen-bond donors (Lipinski definition) is 0. The molecule has 0 spiro atoms. The summed E-state index contributed by atoms with van der Waals surface area (Å²) in [5.74, 6) is 1.02. The van der Waals surface area contributed by atoms with Gasteiger partial charge in [0.1, 0.15) is 0 Å². The molecule has 122 valence electrons. The highest BCUT2D eigenvalue weighted by molar-refractivity contribution is 8.00. The van der Waals surface area contributed by atoms with Crippen molar-refractivity contribution in [3.63, 3.8) is 0 Å². The SMILES string of the molecule is Cc1ccc(S(=O)(=O)N2c3ccccc3SCC2C(C)C)cc1. The second-order valence-corrected chi connectivity index (χ2v) is 9.08. The lowest BCUT2D eigenvalue weighted by molar-refractivity contribution is 0.512. The molecule has 0 saturated carbocycles. The van der Waals surface area contributed by atoms with Crippen LogP contribution >= 0.6 is 11.8 Å². The zero-order valence-corrected chi connectivity index (χ0v) is 15.2. The van der Waals surface area contributed by atoms with Gasteiger partial charge in [-0.3, -0.25) is 4.31 Å². The second kappa shape index (κ2) is 6.21. The Morgan fingerprint density at radius 3 is 2.39 bits per heavy atom. The van der Waals surface area contributed by atoms with Gasteiger partial charge < -0.3 is 0 Å². The number of fused-ring (bicyclic) bond motifs is 1. The van der Waals surface area contributed by atoms with Gasteiger partial charge in [-0.1, -0.05) is 43.7 Å². The van der Waals surface area contributed by atoms with Crippen molar-refractivity contribution in [3.05, 3.63) is 54.1 Å². The molecule has 0 saturated heterocycles. The highest BCUT2D eigenvalue weighted by atomic mass is 32.2. The van der Waals surface area contributed by atoms with Crippen LogP contribution in [0.25, 0.3) is 0 Å². The summed E-state index contributed by atoms with van der Waals surface area (Å²) < 4.78 is 28.2. The number of thioether (sulfide) groups is 1. The van der Waals surface area contributed by atoms with Gasteiger partial charge in [0.05, 0.1) is 16.6 Å². The first-order valence-electron chi connectivity index (χ1n) is 7.74. The summed E-state index contributed by atoms with van der Waals surface area (Å²) in [6.45, 7) is 6.12. The van der Waals surface area contributed by atoms with Crippen LogP contribution in [0.15, 0.2) is 58.3 Å². The molecule has 1 aliphatic heterocycles. The fraction of sp³-hybridized carbons (Fsp3) is 0.333. The molecule has 3 nitrogen and oxygen atoms in total. The fourth-order valence-electron chi connectivity index (χ4n) is 2.78. The average molecular weight is 348 g/mol. The van der Waals surface area contributed by atoms with Crippen molar-refractivity contribution in [3.8, 4) is 0 Å². The Kier molecular flexibility index (Phi) is 4.43. The minimum absolute atomic E-state index is 0.0406. The molecule has 2 aromatic carbocycles. The van der Waals surface area contributed by atoms with E-state index < -0.39 is 10.0 Å². The van der Waals surface area contributed by atoms with Crippen molar-refractivity contribution in [2.45, 2.75) is 36.6 Å². The van der Waals surface area contributed by atoms with Crippen molar-refractivity contribution in [1.29, 1.82) is 0 Å². The average Bonchev–Trinajstić information content (AvgIpc) is 2.54. The minimum Gasteiger partial charge on any atom is -0.261 e. The normalized spacial score (nSPS) is 18.1. The van der Waals surface area contributed by atoms with Gasteiger partial charge >= 0.3 is 0 Å². The smallest absolute Gasteiger partial charge is 0.261 e. The number of sulfonamides is 1. The van der Waals surface area contributed by atoms with Crippen molar-refractivity contribution >= 4 is 27.5 Å². The van der Waals surface area contributed by atoms with Gasteiger partial charge in [-0.15, -0.1) is 11.8 Å². The topological polar surface area (TPSA) is 37.4 Å². The van der Waals surface area contributed by atoms with Crippen LogP contribution in [0, 0.1) is 12.8 Å². The van der Waals surface area contributed by atoms with Crippen LogP contribution in [-0.4, -0.2) is 20.2 Å². The quantitative estimate of drug-likeness (QED) is 0.830. The largest absolute Gasteiger partial charge is 0.264 e. The van der Waals surface area contributed by atoms with Crippen LogP contribution in [0.2, 0.25) is 0 Å². The molecule has 0 aliphatic carbocycles. The number of aryl methyl sites for hydroxylation is 1. The van der Waals surface area contributed by atoms with Gasteiger partial charge in [0.15, 0.2) is 0 Å². The fourth-order valence-corrected chi connectivity index (χ4v) is 6.10. The lowest BCUT2D eigenvalue weighted by Crippen LogP contribution is -2.47. The molecule has 0 radical (unpaired) electrons. The van der Waals surface area contributed by atoms with Crippen LogP contribution in [0.5, 0.6) is 0 Å². The van der Waals surface area contributed by atoms with E-state index in [1.807, 2.05) is 43.3 Å². The maximum absolute atomic E-state index is 13.3. The molecule has 0 aromatic heterocycles. The zero-order valence-electron chi connectivity index (χ0n) is 13.6. The lowest BCUT2D eigenvalue weighted by Gasteiger charge is -2.39. The van der Waals surface area contributed by atoms with Gasteiger partial charge in [-0.2, -0.15) is 0 Å². The van der Waals surface area contributed by atoms with E-state index in [9.17, 15) is 8.42 Å². The van der Waals surface area contributed by atoms with Gasteiger partial charge in [-0.25, -0.2) is 8.42 Å². The molecule has 0 N–H and O–H groups in total. The predicted octanol–water partition coefficient (Wildman–Crippen LogP) is 4.32. The number of benzene rings is 2. The Labute approximate surface area is 142 Å². The molecule has 2 aromatic rings. The van der Waals surface area contributed by atoms with Crippen molar-refractivity contribution < 1.29 is 8.42 Å². The Bertz CT molecular complexity index is 798. The number of hydrogen-bond acceptors (Lipinski definition) is 3. The van der Waals surface area contributed by atoms with Gasteiger partial charge in [0.2, 0.25) is 0 Å². The van der Waals surface area contributed by atoms with Gasteiger partial charge in [-0.05, 0) is 37.1 Å². The maximum atomic E-state index is 13.3. The van der Waals surface area contributed by atoms with Crippen LogP contribution in [0.3, 0.4) is 0 Å². The Balaban J connectivity index is 2.15. The molecule has 0 bridgehead atoms. The summed E-state index contributed by atoms with van der Waals surface area (Å²) >= 11 is 1.74. The first-order valence-corrected chi connectivity index (χ1v) is 10.2. The van der Waals surface area contributed by atoms with Crippen molar-refractivity contribution in [1.82, 2.24) is 0 Å². The highest BCUT2D eigenvalue weighted by Crippen LogP contribution is 2.42. The van der Waals surface area contributed by atoms with E-state index in [4.69, 9.17) is 0 Å². The highest BCUT2D eigenvalue weighted by Gasteiger charge is 2.37. The predicted molar refractivity (Wildman–Crippen MR) is 96.6 cm³/mol. The maximum Gasteiger partial charge on any atom is 0.264 e. The Morgan fingerprint density at radius 1 is 1.09 bits per heavy atom. The molecule has 0 amide bonds. The van der Waals surface area contributed by atoms with Crippen molar-refractivity contribution in [2.75, 3.05) is 10.1 Å². The van der Waals surface area contributed by atoms with E-state index in [0.29, 0.717) is 4.90 Å². The standard InChI is InChI=1S/C18H21NO2S2/c1-13(2)17-12-22-18-7-5-4-6-16(18)19(17)23(20,21)15-10-8-14(3)9-11-15/h4-11,13,17H,12H2,1-3H3. The molecular formula is C18H21NO2S2. The first-order chi connectivity index (χ1) is 10.9. The van der Waals surface area contributed by atoms with E-state index >= 15 is 0 Å². The molecular weight excluding hydrogens is 326 g/mol. The molecule has 1 heterocycles. The molecule has 1 aliphatic rings. The molecule has 3 rings (SSSR count). The van der Waals surface area contributed by atoms with Crippen LogP contribution in [0.1, 0.15) is 19.4 Å². The van der Waals surface area contributed by atoms with E-state index in [1.54, 1.807) is 28.2 Å². The lowest BCUT2D eigenvalue weighted by atomic mass is 10.1. The first kappa shape index (κ1) is 16.4. The summed E-state index contributed by atoms with van der Waals surface area (Å²) in [4.78, 5) is 1.38. The third-order valence-corrected chi connectivity index (χ3v) is 7.18. The zero-order chi connectivity index (χ0) is 16.6. The number of para-hydroxylation sites is 1. The third kappa shape index (κ3) is 3.00. The van der Waals surface area contributed by atoms with Crippen LogP contribution in [0.4, 0.5) is 5.69 Å². The van der Waals surface area contributed by atoms with Gasteiger partial charge in [0.25, 0.3) is 10.0 Å². The molecule has 23 heavy (non-hydrogen) atoms. The second-order valence-electron chi connectivity index (χ2n) is 6.20. The molecule has 1 unspecified atom stereocenters. The van der Waals surface area contributed by atoms with Crippen molar-refractivity contribution in [2.24, 2.45) is 5.92 Å². The van der Waals surface area contributed by atoms with Gasteiger partial charge in [0, 0.05) is 10.6 Å². The molecule has 1 atom stereocenters. The van der Waals surface area contributed by atoms with Crippen LogP contribution < -0.4 is 4.31 Å². The number of nitrogens with zero attached hydrogens (tertiary/aromatic N) is 1. The monoisotopic (exact) mass is 347 g/mol. The third-order valence-electron chi connectivity index (χ3n) is 4.16. The van der Waals surface area contributed by atoms with E-state index in [-0.39, 0.29) is 12.0 Å². The van der Waals surface area contributed by atoms with E-state index in [0.717, 1.165) is 21.9 Å². The summed E-state index contributed by atoms with van der Waals surface area (Å²) in [5, 5.41) is 0. The molecule has 0 fully saturated rings. The number of anilines is 1. The van der Waals surface area contributed by atoms with E-state index in [1.165, 1.54) is 0 Å². The Morgan fingerprint density at radius 2 is 1.74 bits per heavy atom. The Hall–Kier alpha value is -1.46. The minimum atomic E-state index is -3.57. The summed E-state index contributed by atoms with van der Waals surface area (Å²) in [6, 6.07) is 14.8.